The molecule has 0 aromatic heterocycles. The molecule has 0 saturated carbocycles. The Kier molecular flexibility index (Phi) is 7.18. The molecule has 7 heteroatoms. The Morgan fingerprint density at radius 3 is 2.38 bits per heavy atom. The zero-order valence-electron chi connectivity index (χ0n) is 15.6. The molecule has 1 N–H and O–H groups in total. The fraction of sp³-hybridized carbons (Fsp3) is 0.182. The van der Waals surface area contributed by atoms with Crippen LogP contribution < -0.4 is 14.8 Å². The van der Waals surface area contributed by atoms with Gasteiger partial charge in [0.1, 0.15) is 18.2 Å². The summed E-state index contributed by atoms with van der Waals surface area (Å²) in [7, 11) is 0. The smallest absolute Gasteiger partial charge is 0.180 e. The van der Waals surface area contributed by atoms with Crippen molar-refractivity contribution in [3.63, 3.8) is 0 Å². The van der Waals surface area contributed by atoms with Crippen LogP contribution >= 0.6 is 23.2 Å². The largest absolute Gasteiger partial charge is 0.490 e. The van der Waals surface area contributed by atoms with Gasteiger partial charge in [0, 0.05) is 17.8 Å². The van der Waals surface area contributed by atoms with E-state index in [1.807, 2.05) is 6.92 Å². The van der Waals surface area contributed by atoms with Crippen LogP contribution in [0.25, 0.3) is 0 Å². The Bertz CT molecular complexity index is 961. The second kappa shape index (κ2) is 9.81. The molecular weight excluding hydrogens is 419 g/mol. The number of hydrogen-bond acceptors (Lipinski definition) is 3. The lowest BCUT2D eigenvalue weighted by Crippen LogP contribution is -2.05. The molecule has 3 nitrogen and oxygen atoms in total. The monoisotopic (exact) mass is 437 g/mol. The maximum absolute atomic E-state index is 14.0. The van der Waals surface area contributed by atoms with Gasteiger partial charge in [-0.25, -0.2) is 8.78 Å². The van der Waals surface area contributed by atoms with Gasteiger partial charge in [0.2, 0.25) is 0 Å². The number of ether oxygens (including phenoxy) is 2. The van der Waals surface area contributed by atoms with Crippen molar-refractivity contribution in [3.8, 4) is 11.5 Å². The van der Waals surface area contributed by atoms with Gasteiger partial charge in [-0.15, -0.1) is 0 Å². The van der Waals surface area contributed by atoms with E-state index in [0.29, 0.717) is 29.7 Å². The molecule has 0 saturated heterocycles. The quantitative estimate of drug-likeness (QED) is 0.417. The molecular formula is C22H19Cl2F2NO2. The highest BCUT2D eigenvalue weighted by Crippen LogP contribution is 2.38. The van der Waals surface area contributed by atoms with Crippen molar-refractivity contribution >= 4 is 28.9 Å². The fourth-order valence-electron chi connectivity index (χ4n) is 2.71. The van der Waals surface area contributed by atoms with Gasteiger partial charge in [0.05, 0.1) is 16.7 Å². The van der Waals surface area contributed by atoms with E-state index < -0.39 is 5.82 Å². The molecule has 152 valence electrons. The summed E-state index contributed by atoms with van der Waals surface area (Å²) in [6.45, 7) is 2.61. The number of hydrogen-bond donors (Lipinski definition) is 1. The second-order valence-electron chi connectivity index (χ2n) is 6.19. The summed E-state index contributed by atoms with van der Waals surface area (Å²) in [5, 5.41) is 3.80. The van der Waals surface area contributed by atoms with Crippen LogP contribution in [0.5, 0.6) is 11.5 Å². The zero-order valence-corrected chi connectivity index (χ0v) is 17.2. The standard InChI is InChI=1S/C22H19Cl2F2NO2/c1-2-28-21-11-14(12-27-16-8-6-15(25)7-9-16)10-19(24)22(21)29-13-17-18(23)4-3-5-20(17)26/h3-11,27H,2,12-13H2,1H3. The number of halogens is 4. The van der Waals surface area contributed by atoms with Gasteiger partial charge >= 0.3 is 0 Å². The highest BCUT2D eigenvalue weighted by atomic mass is 35.5. The van der Waals surface area contributed by atoms with E-state index in [-0.39, 0.29) is 23.0 Å². The first kappa shape index (κ1) is 21.2. The SMILES string of the molecule is CCOc1cc(CNc2ccc(F)cc2)cc(Cl)c1OCc1c(F)cccc1Cl. The predicted molar refractivity (Wildman–Crippen MR) is 112 cm³/mol. The summed E-state index contributed by atoms with van der Waals surface area (Å²) >= 11 is 12.5. The lowest BCUT2D eigenvalue weighted by Gasteiger charge is -2.16. The molecule has 3 rings (SSSR count). The van der Waals surface area contributed by atoms with Crippen LogP contribution in [0.1, 0.15) is 18.1 Å². The van der Waals surface area contributed by atoms with Crippen molar-refractivity contribution in [2.75, 3.05) is 11.9 Å². The molecule has 0 bridgehead atoms. The molecule has 3 aromatic rings. The average Bonchev–Trinajstić information content (AvgIpc) is 2.69. The summed E-state index contributed by atoms with van der Waals surface area (Å²) < 4.78 is 38.4. The van der Waals surface area contributed by atoms with Crippen LogP contribution in [-0.4, -0.2) is 6.61 Å². The molecule has 0 fully saturated rings. The molecule has 0 aliphatic carbocycles. The summed E-state index contributed by atoms with van der Waals surface area (Å²) in [5.41, 5.74) is 1.86. The molecule has 3 aromatic carbocycles. The van der Waals surface area contributed by atoms with Gasteiger partial charge in [0.25, 0.3) is 0 Å². The highest BCUT2D eigenvalue weighted by molar-refractivity contribution is 6.32. The van der Waals surface area contributed by atoms with E-state index in [4.69, 9.17) is 32.7 Å². The van der Waals surface area contributed by atoms with Gasteiger partial charge in [-0.3, -0.25) is 0 Å². The van der Waals surface area contributed by atoms with E-state index in [1.54, 1.807) is 30.3 Å². The van der Waals surface area contributed by atoms with E-state index in [0.717, 1.165) is 11.3 Å². The number of nitrogens with one attached hydrogen (secondary N) is 1. The van der Waals surface area contributed by atoms with E-state index in [2.05, 4.69) is 5.32 Å². The average molecular weight is 438 g/mol. The van der Waals surface area contributed by atoms with Gasteiger partial charge in [-0.05, 0) is 61.0 Å². The van der Waals surface area contributed by atoms with Crippen molar-refractivity contribution in [1.29, 1.82) is 0 Å². The predicted octanol–water partition coefficient (Wildman–Crippen LogP) is 6.86. The van der Waals surface area contributed by atoms with Crippen molar-refractivity contribution in [3.05, 3.63) is 87.4 Å². The molecule has 0 radical (unpaired) electrons. The third kappa shape index (κ3) is 5.52. The summed E-state index contributed by atoms with van der Waals surface area (Å²) in [6.07, 6.45) is 0. The third-order valence-corrected chi connectivity index (χ3v) is 4.77. The van der Waals surface area contributed by atoms with Crippen molar-refractivity contribution in [2.45, 2.75) is 20.1 Å². The lowest BCUT2D eigenvalue weighted by atomic mass is 10.2. The van der Waals surface area contributed by atoms with Gasteiger partial charge in [-0.1, -0.05) is 29.3 Å². The first-order valence-corrected chi connectivity index (χ1v) is 9.74. The number of rotatable bonds is 8. The first-order valence-electron chi connectivity index (χ1n) is 8.98. The Morgan fingerprint density at radius 2 is 1.69 bits per heavy atom. The summed E-state index contributed by atoms with van der Waals surface area (Å²) in [6, 6.07) is 14.0. The van der Waals surface area contributed by atoms with Gasteiger partial charge in [0.15, 0.2) is 11.5 Å². The third-order valence-electron chi connectivity index (χ3n) is 4.13. The van der Waals surface area contributed by atoms with Crippen molar-refractivity contribution in [1.82, 2.24) is 0 Å². The minimum absolute atomic E-state index is 0.0848. The Balaban J connectivity index is 1.77. The van der Waals surface area contributed by atoms with Gasteiger partial charge < -0.3 is 14.8 Å². The van der Waals surface area contributed by atoms with Gasteiger partial charge in [-0.2, -0.15) is 0 Å². The van der Waals surface area contributed by atoms with E-state index in [9.17, 15) is 8.78 Å². The summed E-state index contributed by atoms with van der Waals surface area (Å²) in [4.78, 5) is 0. The normalized spacial score (nSPS) is 10.7. The van der Waals surface area contributed by atoms with E-state index >= 15 is 0 Å². The Labute approximate surface area is 178 Å². The van der Waals surface area contributed by atoms with Crippen LogP contribution in [0.15, 0.2) is 54.6 Å². The van der Waals surface area contributed by atoms with Crippen LogP contribution in [0.2, 0.25) is 10.0 Å². The molecule has 0 amide bonds. The number of anilines is 1. The molecule has 0 unspecified atom stereocenters. The molecule has 0 spiro atoms. The van der Waals surface area contributed by atoms with Crippen LogP contribution in [0.4, 0.5) is 14.5 Å². The highest BCUT2D eigenvalue weighted by Gasteiger charge is 2.15. The first-order chi connectivity index (χ1) is 14.0. The maximum atomic E-state index is 14.0. The van der Waals surface area contributed by atoms with E-state index in [1.165, 1.54) is 24.3 Å². The molecule has 29 heavy (non-hydrogen) atoms. The van der Waals surface area contributed by atoms with Crippen molar-refractivity contribution < 1.29 is 18.3 Å². The fourth-order valence-corrected chi connectivity index (χ4v) is 3.22. The second-order valence-corrected chi connectivity index (χ2v) is 7.00. The molecule has 0 aliphatic heterocycles. The molecule has 0 aliphatic rings. The molecule has 0 heterocycles. The maximum Gasteiger partial charge on any atom is 0.180 e. The number of benzene rings is 3. The van der Waals surface area contributed by atoms with Crippen molar-refractivity contribution in [2.24, 2.45) is 0 Å². The molecule has 0 atom stereocenters. The lowest BCUT2D eigenvalue weighted by molar-refractivity contribution is 0.266. The minimum atomic E-state index is -0.452. The Morgan fingerprint density at radius 1 is 0.931 bits per heavy atom. The van der Waals surface area contributed by atoms with Crippen LogP contribution in [0.3, 0.4) is 0 Å². The Hall–Kier alpha value is -2.50. The topological polar surface area (TPSA) is 30.5 Å². The van der Waals surface area contributed by atoms with Crippen LogP contribution in [-0.2, 0) is 13.2 Å². The zero-order chi connectivity index (χ0) is 20.8. The minimum Gasteiger partial charge on any atom is -0.490 e. The van der Waals surface area contributed by atoms with Crippen LogP contribution in [0, 0.1) is 11.6 Å². The summed E-state index contributed by atoms with van der Waals surface area (Å²) in [5.74, 6) is 0.0159.